The Balaban J connectivity index is 1.78. The molecule has 3 rings (SSSR count). The molecule has 1 fully saturated rings. The van der Waals surface area contributed by atoms with Crippen LogP contribution < -0.4 is 5.32 Å². The Kier molecular flexibility index (Phi) is 8.07. The highest BCUT2D eigenvalue weighted by Crippen LogP contribution is 2.27. The van der Waals surface area contributed by atoms with E-state index in [9.17, 15) is 35.9 Å². The van der Waals surface area contributed by atoms with Crippen molar-refractivity contribution < 1.29 is 35.9 Å². The third-order valence-electron chi connectivity index (χ3n) is 5.33. The summed E-state index contributed by atoms with van der Waals surface area (Å²) in [6.07, 6.45) is -10.6. The first-order valence-electron chi connectivity index (χ1n) is 10.5. The summed E-state index contributed by atoms with van der Waals surface area (Å²) in [4.78, 5) is 29.4. The molecule has 2 aromatic rings. The highest BCUT2D eigenvalue weighted by Gasteiger charge is 2.41. The Morgan fingerprint density at radius 3 is 2.19 bits per heavy atom. The fourth-order valence-corrected chi connectivity index (χ4v) is 3.66. The summed E-state index contributed by atoms with van der Waals surface area (Å²) >= 11 is 6.07. The molecule has 1 aliphatic rings. The molecule has 36 heavy (non-hydrogen) atoms. The van der Waals surface area contributed by atoms with Crippen LogP contribution >= 0.6 is 11.6 Å². The second kappa shape index (κ2) is 10.7. The molecule has 1 heterocycles. The molecule has 0 spiro atoms. The Labute approximate surface area is 206 Å². The molecule has 0 aromatic heterocycles. The van der Waals surface area contributed by atoms with E-state index in [0.717, 1.165) is 0 Å². The van der Waals surface area contributed by atoms with Gasteiger partial charge in [-0.25, -0.2) is 0 Å². The fraction of sp³-hybridized carbons (Fsp3) is 0.304. The van der Waals surface area contributed by atoms with Crippen LogP contribution in [0.4, 0.5) is 32.0 Å². The molecule has 0 bridgehead atoms. The Morgan fingerprint density at radius 2 is 1.61 bits per heavy atom. The van der Waals surface area contributed by atoms with Crippen molar-refractivity contribution in [2.45, 2.75) is 31.2 Å². The SMILES string of the molecule is N=C(CC(=Nc1ccccc1Cl)c1ccc(C(=O)N2CC[C@H](NC(=O)C(F)(F)F)C2)cc1)C(F)(F)F. The van der Waals surface area contributed by atoms with E-state index in [1.807, 2.05) is 5.32 Å². The molecule has 0 saturated carbocycles. The van der Waals surface area contributed by atoms with Crippen molar-refractivity contribution >= 4 is 40.5 Å². The van der Waals surface area contributed by atoms with Crippen LogP contribution in [0.15, 0.2) is 53.5 Å². The second-order valence-electron chi connectivity index (χ2n) is 7.95. The lowest BCUT2D eigenvalue weighted by Crippen LogP contribution is -2.44. The van der Waals surface area contributed by atoms with Gasteiger partial charge in [0.25, 0.3) is 5.91 Å². The number of nitrogens with zero attached hydrogens (tertiary/aromatic N) is 2. The van der Waals surface area contributed by atoms with Crippen LogP contribution in [0, 0.1) is 5.41 Å². The van der Waals surface area contributed by atoms with Gasteiger partial charge in [0.05, 0.1) is 16.4 Å². The van der Waals surface area contributed by atoms with Gasteiger partial charge in [0.2, 0.25) is 0 Å². The molecular formula is C23H19ClF6N4O2. The summed E-state index contributed by atoms with van der Waals surface area (Å²) in [5, 5.41) is 9.41. The summed E-state index contributed by atoms with van der Waals surface area (Å²) in [6.45, 7) is -0.00425. The first-order valence-corrected chi connectivity index (χ1v) is 10.9. The summed E-state index contributed by atoms with van der Waals surface area (Å²) < 4.78 is 76.4. The monoisotopic (exact) mass is 532 g/mol. The van der Waals surface area contributed by atoms with Crippen molar-refractivity contribution in [3.05, 3.63) is 64.7 Å². The third-order valence-corrected chi connectivity index (χ3v) is 5.65. The van der Waals surface area contributed by atoms with Gasteiger partial charge in [-0.15, -0.1) is 0 Å². The number of hydrogen-bond donors (Lipinski definition) is 2. The lowest BCUT2D eigenvalue weighted by molar-refractivity contribution is -0.174. The van der Waals surface area contributed by atoms with Gasteiger partial charge >= 0.3 is 18.3 Å². The van der Waals surface area contributed by atoms with Crippen LogP contribution in [0.5, 0.6) is 0 Å². The Hall–Kier alpha value is -3.41. The number of aliphatic imine (C=N–C) groups is 1. The van der Waals surface area contributed by atoms with Crippen LogP contribution in [-0.4, -0.2) is 59.6 Å². The fourth-order valence-electron chi connectivity index (χ4n) is 3.48. The third kappa shape index (κ3) is 6.84. The molecule has 2 N–H and O–H groups in total. The molecule has 2 aromatic carbocycles. The van der Waals surface area contributed by atoms with E-state index in [1.54, 1.807) is 12.1 Å². The molecule has 2 amide bonds. The smallest absolute Gasteiger partial charge is 0.344 e. The van der Waals surface area contributed by atoms with Gasteiger partial charge in [0, 0.05) is 31.1 Å². The van der Waals surface area contributed by atoms with Gasteiger partial charge < -0.3 is 15.6 Å². The number of rotatable bonds is 6. The van der Waals surface area contributed by atoms with Gasteiger partial charge in [0.15, 0.2) is 0 Å². The number of para-hydroxylation sites is 1. The van der Waals surface area contributed by atoms with Crippen LogP contribution in [0.1, 0.15) is 28.8 Å². The molecule has 6 nitrogen and oxygen atoms in total. The number of likely N-dealkylation sites (tertiary alicyclic amines) is 1. The van der Waals surface area contributed by atoms with Gasteiger partial charge in [0.1, 0.15) is 5.71 Å². The van der Waals surface area contributed by atoms with E-state index in [4.69, 9.17) is 17.0 Å². The molecular weight excluding hydrogens is 514 g/mol. The minimum Gasteiger partial charge on any atom is -0.344 e. The zero-order valence-corrected chi connectivity index (χ0v) is 19.1. The average molecular weight is 533 g/mol. The van der Waals surface area contributed by atoms with Crippen molar-refractivity contribution in [3.63, 3.8) is 0 Å². The predicted octanol–water partition coefficient (Wildman–Crippen LogP) is 5.33. The standard InChI is InChI=1S/C23H19ClF6N4O2/c24-16-3-1-2-4-17(16)33-18(11-19(31)22(25,26)27)13-5-7-14(8-6-13)20(35)34-10-9-15(12-34)32-21(36)23(28,29)30/h1-8,15,31H,9-12H2,(H,32,36)/t15-/m0/s1. The number of carbonyl (C=O) groups is 2. The van der Waals surface area contributed by atoms with E-state index >= 15 is 0 Å². The van der Waals surface area contributed by atoms with Crippen molar-refractivity contribution in [2.24, 2.45) is 4.99 Å². The molecule has 0 unspecified atom stereocenters. The van der Waals surface area contributed by atoms with Gasteiger partial charge in [-0.05, 0) is 36.2 Å². The Bertz CT molecular complexity index is 1180. The minimum atomic E-state index is -5.03. The summed E-state index contributed by atoms with van der Waals surface area (Å²) in [5.41, 5.74) is -1.05. The topological polar surface area (TPSA) is 85.6 Å². The molecule has 0 aliphatic carbocycles. The largest absolute Gasteiger partial charge is 0.471 e. The molecule has 1 aliphatic heterocycles. The molecule has 1 saturated heterocycles. The lowest BCUT2D eigenvalue weighted by Gasteiger charge is -2.18. The first-order chi connectivity index (χ1) is 16.8. The predicted molar refractivity (Wildman–Crippen MR) is 121 cm³/mol. The number of amides is 2. The van der Waals surface area contributed by atoms with Crippen molar-refractivity contribution in [3.8, 4) is 0 Å². The lowest BCUT2D eigenvalue weighted by atomic mass is 10.0. The van der Waals surface area contributed by atoms with Crippen LogP contribution in [0.25, 0.3) is 0 Å². The molecule has 0 radical (unpaired) electrons. The highest BCUT2D eigenvalue weighted by atomic mass is 35.5. The van der Waals surface area contributed by atoms with E-state index < -0.39 is 42.3 Å². The van der Waals surface area contributed by atoms with Gasteiger partial charge in [-0.3, -0.25) is 14.6 Å². The molecule has 192 valence electrons. The summed E-state index contributed by atoms with van der Waals surface area (Å²) in [5.74, 6) is -2.60. The number of carbonyl (C=O) groups excluding carboxylic acids is 2. The quantitative estimate of drug-likeness (QED) is 0.389. The number of nitrogens with one attached hydrogen (secondary N) is 2. The molecule has 13 heteroatoms. The van der Waals surface area contributed by atoms with Crippen molar-refractivity contribution in [1.82, 2.24) is 10.2 Å². The zero-order valence-electron chi connectivity index (χ0n) is 18.4. The normalized spacial score (nSPS) is 16.7. The number of halogens is 7. The van der Waals surface area contributed by atoms with E-state index in [0.29, 0.717) is 0 Å². The Morgan fingerprint density at radius 1 is 1.00 bits per heavy atom. The van der Waals surface area contributed by atoms with Crippen LogP contribution in [0.3, 0.4) is 0 Å². The average Bonchev–Trinajstić information content (AvgIpc) is 3.27. The van der Waals surface area contributed by atoms with Gasteiger partial charge in [-0.2, -0.15) is 26.3 Å². The van der Waals surface area contributed by atoms with Crippen molar-refractivity contribution in [2.75, 3.05) is 13.1 Å². The maximum atomic E-state index is 13.0. The van der Waals surface area contributed by atoms with Crippen molar-refractivity contribution in [1.29, 1.82) is 5.41 Å². The summed E-state index contributed by atoms with van der Waals surface area (Å²) in [6, 6.07) is 10.8. The van der Waals surface area contributed by atoms with E-state index in [1.165, 1.54) is 41.3 Å². The van der Waals surface area contributed by atoms with Crippen LogP contribution in [0.2, 0.25) is 5.02 Å². The zero-order chi connectivity index (χ0) is 26.7. The highest BCUT2D eigenvalue weighted by molar-refractivity contribution is 6.33. The number of benzene rings is 2. The number of alkyl halides is 6. The maximum absolute atomic E-state index is 13.0. The maximum Gasteiger partial charge on any atom is 0.471 e. The van der Waals surface area contributed by atoms with Crippen LogP contribution in [-0.2, 0) is 4.79 Å². The number of hydrogen-bond acceptors (Lipinski definition) is 4. The first kappa shape index (κ1) is 27.2. The van der Waals surface area contributed by atoms with E-state index in [-0.39, 0.29) is 47.1 Å². The molecule has 1 atom stereocenters. The van der Waals surface area contributed by atoms with Gasteiger partial charge in [-0.1, -0.05) is 35.9 Å². The minimum absolute atomic E-state index is 0.0967. The second-order valence-corrected chi connectivity index (χ2v) is 8.36. The summed E-state index contributed by atoms with van der Waals surface area (Å²) in [7, 11) is 0. The van der Waals surface area contributed by atoms with E-state index in [2.05, 4.69) is 4.99 Å².